The number of ketones is 1. The zero-order valence-electron chi connectivity index (χ0n) is 25.9. The summed E-state index contributed by atoms with van der Waals surface area (Å²) in [6, 6.07) is 8.75. The molecular weight excluding hydrogens is 548 g/mol. The van der Waals surface area contributed by atoms with E-state index >= 15 is 0 Å². The first-order valence-corrected chi connectivity index (χ1v) is 15.0. The molecule has 0 bridgehead atoms. The molecule has 1 fully saturated rings. The van der Waals surface area contributed by atoms with Crippen LogP contribution < -0.4 is 14.2 Å². The molecule has 1 aliphatic rings. The second kappa shape index (κ2) is 18.1. The minimum absolute atomic E-state index is 0.00381. The zero-order valence-corrected chi connectivity index (χ0v) is 25.9. The molecule has 0 saturated carbocycles. The van der Waals surface area contributed by atoms with Crippen LogP contribution in [0.3, 0.4) is 0 Å². The van der Waals surface area contributed by atoms with E-state index in [1.807, 2.05) is 18.7 Å². The summed E-state index contributed by atoms with van der Waals surface area (Å²) < 4.78 is 28.5. The topological polar surface area (TPSA) is 86.8 Å². The highest BCUT2D eigenvalue weighted by Gasteiger charge is 2.28. The number of ether oxygens (including phenoxy) is 5. The van der Waals surface area contributed by atoms with Crippen LogP contribution in [0.25, 0.3) is 0 Å². The van der Waals surface area contributed by atoms with Crippen LogP contribution in [0.2, 0.25) is 0 Å². The maximum absolute atomic E-state index is 14.2. The summed E-state index contributed by atoms with van der Waals surface area (Å²) in [6.45, 7) is 17.6. The number of methoxy groups -OCH3 is 1. The fraction of sp³-hybridized carbons (Fsp3) is 0.471. The van der Waals surface area contributed by atoms with E-state index < -0.39 is 0 Å². The first-order chi connectivity index (χ1) is 21.0. The predicted octanol–water partition coefficient (Wildman–Crippen LogP) is 4.36. The van der Waals surface area contributed by atoms with E-state index in [4.69, 9.17) is 23.7 Å². The van der Waals surface area contributed by atoms with Crippen molar-refractivity contribution in [1.82, 2.24) is 9.80 Å². The van der Waals surface area contributed by atoms with Gasteiger partial charge in [-0.15, -0.1) is 0 Å². The molecular formula is C34H46N2O7. The fourth-order valence-corrected chi connectivity index (χ4v) is 5.02. The van der Waals surface area contributed by atoms with Crippen LogP contribution in [0, 0.1) is 0 Å². The van der Waals surface area contributed by atoms with Gasteiger partial charge in [0.1, 0.15) is 30.5 Å². The molecule has 9 nitrogen and oxygen atoms in total. The highest BCUT2D eigenvalue weighted by Crippen LogP contribution is 2.37. The van der Waals surface area contributed by atoms with E-state index in [9.17, 15) is 9.59 Å². The molecule has 0 atom stereocenters. The molecule has 43 heavy (non-hydrogen) atoms. The second-order valence-corrected chi connectivity index (χ2v) is 10.0. The third kappa shape index (κ3) is 9.68. The molecule has 2 aromatic carbocycles. The normalized spacial score (nSPS) is 13.3. The van der Waals surface area contributed by atoms with E-state index in [-0.39, 0.29) is 31.3 Å². The van der Waals surface area contributed by atoms with Crippen molar-refractivity contribution in [2.24, 2.45) is 0 Å². The lowest BCUT2D eigenvalue weighted by molar-refractivity contribution is -0.131. The van der Waals surface area contributed by atoms with Crippen molar-refractivity contribution in [3.63, 3.8) is 0 Å². The molecule has 1 amide bonds. The standard InChI is InChI=1S/C34H46N2O7/c1-6-19-42-30-25-31(43-20-7-2)33(34(38)26-10-12-27(13-11-26)41-9-4)29(28(30)8-3)24-32(37)36(18-21-39-5)15-14-35-16-22-40-23-17-35/h6-7,10-13,25H,1-2,8-9,14-24H2,3-5H3. The Balaban J connectivity index is 2.07. The van der Waals surface area contributed by atoms with Crippen LogP contribution in [0.4, 0.5) is 0 Å². The summed E-state index contributed by atoms with van der Waals surface area (Å²) in [5.41, 5.74) is 2.20. The number of nitrogens with zero attached hydrogens (tertiary/aromatic N) is 2. The Hall–Kier alpha value is -3.66. The Morgan fingerprint density at radius 2 is 1.63 bits per heavy atom. The van der Waals surface area contributed by atoms with Gasteiger partial charge in [0.15, 0.2) is 5.78 Å². The molecule has 0 unspecified atom stereocenters. The van der Waals surface area contributed by atoms with Crippen LogP contribution in [0.15, 0.2) is 55.6 Å². The molecule has 1 heterocycles. The Labute approximate surface area is 256 Å². The van der Waals surface area contributed by atoms with Crippen molar-refractivity contribution in [1.29, 1.82) is 0 Å². The molecule has 234 valence electrons. The molecule has 1 aliphatic heterocycles. The van der Waals surface area contributed by atoms with Crippen LogP contribution in [-0.4, -0.2) is 101 Å². The zero-order chi connectivity index (χ0) is 31.0. The maximum Gasteiger partial charge on any atom is 0.227 e. The number of carbonyl (C=O) groups excluding carboxylic acids is 2. The first kappa shape index (κ1) is 33.8. The number of benzene rings is 2. The Kier molecular flexibility index (Phi) is 14.2. The van der Waals surface area contributed by atoms with Gasteiger partial charge in [-0.25, -0.2) is 0 Å². The summed E-state index contributed by atoms with van der Waals surface area (Å²) in [4.78, 5) is 32.3. The average molecular weight is 595 g/mol. The van der Waals surface area contributed by atoms with Crippen molar-refractivity contribution in [3.05, 3.63) is 77.9 Å². The molecule has 0 aliphatic carbocycles. The SMILES string of the molecule is C=CCOc1cc(OCC=C)c(C(=O)c2ccc(OCC)cc2)c(CC(=O)N(CCOC)CCN2CCOCC2)c1CC. The number of hydrogen-bond acceptors (Lipinski definition) is 8. The van der Waals surface area contributed by atoms with Gasteiger partial charge in [-0.1, -0.05) is 32.2 Å². The summed E-state index contributed by atoms with van der Waals surface area (Å²) in [7, 11) is 1.62. The minimum Gasteiger partial charge on any atom is -0.494 e. The third-order valence-electron chi connectivity index (χ3n) is 7.23. The van der Waals surface area contributed by atoms with E-state index in [1.165, 1.54) is 0 Å². The number of hydrogen-bond donors (Lipinski definition) is 0. The van der Waals surface area contributed by atoms with Crippen molar-refractivity contribution < 1.29 is 33.3 Å². The van der Waals surface area contributed by atoms with Gasteiger partial charge < -0.3 is 28.6 Å². The quantitative estimate of drug-likeness (QED) is 0.175. The molecule has 0 spiro atoms. The Morgan fingerprint density at radius 3 is 2.23 bits per heavy atom. The van der Waals surface area contributed by atoms with Gasteiger partial charge in [-0.05, 0) is 48.7 Å². The van der Waals surface area contributed by atoms with Crippen molar-refractivity contribution >= 4 is 11.7 Å². The molecule has 0 radical (unpaired) electrons. The highest BCUT2D eigenvalue weighted by atomic mass is 16.5. The summed E-state index contributed by atoms with van der Waals surface area (Å²) in [5.74, 6) is 1.23. The maximum atomic E-state index is 14.2. The van der Waals surface area contributed by atoms with Crippen molar-refractivity contribution in [2.45, 2.75) is 26.7 Å². The number of amides is 1. The van der Waals surface area contributed by atoms with Gasteiger partial charge in [-0.3, -0.25) is 14.5 Å². The Bertz CT molecular complexity index is 1210. The van der Waals surface area contributed by atoms with Gasteiger partial charge in [0.05, 0.1) is 38.4 Å². The van der Waals surface area contributed by atoms with E-state index in [0.717, 1.165) is 25.2 Å². The number of rotatable bonds is 19. The van der Waals surface area contributed by atoms with E-state index in [0.29, 0.717) is 79.9 Å². The van der Waals surface area contributed by atoms with Crippen LogP contribution >= 0.6 is 0 Å². The van der Waals surface area contributed by atoms with Gasteiger partial charge >= 0.3 is 0 Å². The van der Waals surface area contributed by atoms with Crippen molar-refractivity contribution in [2.75, 3.05) is 79.5 Å². The molecule has 0 N–H and O–H groups in total. The second-order valence-electron chi connectivity index (χ2n) is 10.0. The minimum atomic E-state index is -0.244. The van der Waals surface area contributed by atoms with Gasteiger partial charge in [0, 0.05) is 51.5 Å². The van der Waals surface area contributed by atoms with Crippen LogP contribution in [0.1, 0.15) is 40.9 Å². The fourth-order valence-electron chi connectivity index (χ4n) is 5.02. The van der Waals surface area contributed by atoms with Crippen LogP contribution in [0.5, 0.6) is 17.2 Å². The van der Waals surface area contributed by atoms with Crippen molar-refractivity contribution in [3.8, 4) is 17.2 Å². The molecule has 1 saturated heterocycles. The first-order valence-electron chi connectivity index (χ1n) is 15.0. The number of carbonyl (C=O) groups is 2. The lowest BCUT2D eigenvalue weighted by atomic mass is 9.89. The summed E-state index contributed by atoms with van der Waals surface area (Å²) >= 11 is 0. The largest absolute Gasteiger partial charge is 0.494 e. The van der Waals surface area contributed by atoms with E-state index in [2.05, 4.69) is 18.1 Å². The lowest BCUT2D eigenvalue weighted by Crippen LogP contribution is -2.44. The molecule has 0 aromatic heterocycles. The van der Waals surface area contributed by atoms with Gasteiger partial charge in [-0.2, -0.15) is 0 Å². The van der Waals surface area contributed by atoms with Gasteiger partial charge in [0.2, 0.25) is 5.91 Å². The predicted molar refractivity (Wildman–Crippen MR) is 168 cm³/mol. The van der Waals surface area contributed by atoms with Crippen LogP contribution in [-0.2, 0) is 27.1 Å². The van der Waals surface area contributed by atoms with Gasteiger partial charge in [0.25, 0.3) is 0 Å². The molecule has 2 aromatic rings. The Morgan fingerprint density at radius 1 is 0.953 bits per heavy atom. The average Bonchev–Trinajstić information content (AvgIpc) is 3.03. The smallest absolute Gasteiger partial charge is 0.227 e. The highest BCUT2D eigenvalue weighted by molar-refractivity contribution is 6.12. The monoisotopic (exact) mass is 594 g/mol. The molecule has 9 heteroatoms. The van der Waals surface area contributed by atoms with E-state index in [1.54, 1.807) is 49.6 Å². The number of morpholine rings is 1. The molecule has 3 rings (SSSR count). The third-order valence-corrected chi connectivity index (χ3v) is 7.23. The lowest BCUT2D eigenvalue weighted by Gasteiger charge is -2.30. The summed E-state index contributed by atoms with van der Waals surface area (Å²) in [6.07, 6.45) is 3.83. The summed E-state index contributed by atoms with van der Waals surface area (Å²) in [5, 5.41) is 0.